The summed E-state index contributed by atoms with van der Waals surface area (Å²) in [6.45, 7) is 8.68. The van der Waals surface area contributed by atoms with Crippen LogP contribution in [0.3, 0.4) is 0 Å². The first-order valence-electron chi connectivity index (χ1n) is 9.70. The van der Waals surface area contributed by atoms with E-state index < -0.39 is 11.7 Å². The van der Waals surface area contributed by atoms with Crippen molar-refractivity contribution in [3.8, 4) is 0 Å². The van der Waals surface area contributed by atoms with Gasteiger partial charge in [-0.15, -0.1) is 0 Å². The third kappa shape index (κ3) is 8.86. The van der Waals surface area contributed by atoms with Crippen molar-refractivity contribution < 1.29 is 14.3 Å². The number of likely N-dealkylation sites (tertiary alicyclic amines) is 1. The number of carbonyl (C=O) groups is 2. The van der Waals surface area contributed by atoms with Crippen LogP contribution in [0.25, 0.3) is 0 Å². The number of ether oxygens (including phenoxy) is 1. The molecule has 0 radical (unpaired) electrons. The van der Waals surface area contributed by atoms with E-state index in [0.29, 0.717) is 19.4 Å². The first-order chi connectivity index (χ1) is 12.8. The molecule has 2 rings (SSSR count). The molecule has 1 saturated heterocycles. The van der Waals surface area contributed by atoms with Crippen molar-refractivity contribution in [3.63, 3.8) is 0 Å². The minimum absolute atomic E-state index is 0.0455. The van der Waals surface area contributed by atoms with Crippen molar-refractivity contribution in [2.75, 3.05) is 19.6 Å². The number of piperidine rings is 1. The summed E-state index contributed by atoms with van der Waals surface area (Å²) in [5.41, 5.74) is 0.574. The van der Waals surface area contributed by atoms with Crippen molar-refractivity contribution in [2.24, 2.45) is 0 Å². The first kappa shape index (κ1) is 21.2. The number of pyridine rings is 1. The van der Waals surface area contributed by atoms with E-state index in [1.54, 1.807) is 0 Å². The summed E-state index contributed by atoms with van der Waals surface area (Å²) in [5.74, 6) is 0.0455. The zero-order valence-electron chi connectivity index (χ0n) is 16.7. The lowest BCUT2D eigenvalue weighted by Crippen LogP contribution is -2.44. The molecule has 1 aromatic rings. The van der Waals surface area contributed by atoms with Gasteiger partial charge in [0, 0.05) is 44.8 Å². The standard InChI is InChI=1S/C20H32N4O3/c1-20(2,3)27-19(26)22-12-6-8-18(25)23-16-9-13-24(14-10-16)15-17-7-4-5-11-21-17/h4-5,7,11,16H,6,8-10,12-15H2,1-3H3,(H,22,26)(H,23,25). The van der Waals surface area contributed by atoms with E-state index in [2.05, 4.69) is 20.5 Å². The van der Waals surface area contributed by atoms with E-state index in [9.17, 15) is 9.59 Å². The van der Waals surface area contributed by atoms with E-state index in [1.165, 1.54) is 0 Å². The van der Waals surface area contributed by atoms with Crippen molar-refractivity contribution in [3.05, 3.63) is 30.1 Å². The summed E-state index contributed by atoms with van der Waals surface area (Å²) in [6, 6.07) is 6.21. The van der Waals surface area contributed by atoms with Crippen molar-refractivity contribution in [2.45, 2.75) is 64.6 Å². The molecule has 1 aromatic heterocycles. The molecule has 0 aromatic carbocycles. The fourth-order valence-electron chi connectivity index (χ4n) is 3.01. The third-order valence-corrected chi connectivity index (χ3v) is 4.31. The maximum atomic E-state index is 12.1. The minimum Gasteiger partial charge on any atom is -0.444 e. The summed E-state index contributed by atoms with van der Waals surface area (Å²) in [4.78, 5) is 30.4. The van der Waals surface area contributed by atoms with Gasteiger partial charge in [-0.3, -0.25) is 14.7 Å². The van der Waals surface area contributed by atoms with Gasteiger partial charge in [0.25, 0.3) is 0 Å². The Morgan fingerprint density at radius 3 is 2.63 bits per heavy atom. The molecule has 2 heterocycles. The molecule has 27 heavy (non-hydrogen) atoms. The number of nitrogens with one attached hydrogen (secondary N) is 2. The zero-order valence-corrected chi connectivity index (χ0v) is 16.7. The van der Waals surface area contributed by atoms with Crippen LogP contribution in [0.15, 0.2) is 24.4 Å². The maximum Gasteiger partial charge on any atom is 0.407 e. The highest BCUT2D eigenvalue weighted by molar-refractivity contribution is 5.76. The molecule has 1 aliphatic rings. The van der Waals surface area contributed by atoms with Crippen LogP contribution < -0.4 is 10.6 Å². The number of carbonyl (C=O) groups excluding carboxylic acids is 2. The molecular weight excluding hydrogens is 344 g/mol. The van der Waals surface area contributed by atoms with Crippen molar-refractivity contribution in [1.82, 2.24) is 20.5 Å². The van der Waals surface area contributed by atoms with Gasteiger partial charge in [0.15, 0.2) is 0 Å². The van der Waals surface area contributed by atoms with Gasteiger partial charge in [-0.25, -0.2) is 4.79 Å². The highest BCUT2D eigenvalue weighted by Crippen LogP contribution is 2.13. The van der Waals surface area contributed by atoms with Crippen LogP contribution in [-0.4, -0.2) is 53.2 Å². The Morgan fingerprint density at radius 1 is 1.26 bits per heavy atom. The largest absolute Gasteiger partial charge is 0.444 e. The average Bonchev–Trinajstić information content (AvgIpc) is 2.60. The SMILES string of the molecule is CC(C)(C)OC(=O)NCCCC(=O)NC1CCN(Cc2ccccn2)CC1. The Hall–Kier alpha value is -2.15. The number of nitrogens with zero attached hydrogens (tertiary/aromatic N) is 2. The first-order valence-corrected chi connectivity index (χ1v) is 9.70. The molecule has 2 amide bonds. The molecule has 0 atom stereocenters. The van der Waals surface area contributed by atoms with E-state index in [-0.39, 0.29) is 11.9 Å². The Bertz CT molecular complexity index is 593. The normalized spacial score (nSPS) is 16.0. The monoisotopic (exact) mass is 376 g/mol. The molecular formula is C20H32N4O3. The zero-order chi connectivity index (χ0) is 19.7. The topological polar surface area (TPSA) is 83.6 Å². The number of hydrogen-bond acceptors (Lipinski definition) is 5. The Kier molecular flexibility index (Phi) is 8.03. The van der Waals surface area contributed by atoms with Gasteiger partial charge in [-0.2, -0.15) is 0 Å². The van der Waals surface area contributed by atoms with Gasteiger partial charge >= 0.3 is 6.09 Å². The van der Waals surface area contributed by atoms with Crippen LogP contribution in [0.4, 0.5) is 4.79 Å². The van der Waals surface area contributed by atoms with Crippen LogP contribution in [0.5, 0.6) is 0 Å². The lowest BCUT2D eigenvalue weighted by molar-refractivity contribution is -0.122. The second kappa shape index (κ2) is 10.3. The van der Waals surface area contributed by atoms with E-state index in [4.69, 9.17) is 4.74 Å². The van der Waals surface area contributed by atoms with Crippen LogP contribution in [-0.2, 0) is 16.1 Å². The van der Waals surface area contributed by atoms with E-state index in [1.807, 2.05) is 45.2 Å². The molecule has 0 aliphatic carbocycles. The summed E-state index contributed by atoms with van der Waals surface area (Å²) in [6.07, 6.45) is 4.29. The van der Waals surface area contributed by atoms with Crippen molar-refractivity contribution in [1.29, 1.82) is 0 Å². The molecule has 0 spiro atoms. The summed E-state index contributed by atoms with van der Waals surface area (Å²) in [5, 5.41) is 5.78. The number of alkyl carbamates (subject to hydrolysis) is 1. The van der Waals surface area contributed by atoms with Gasteiger partial charge in [-0.05, 0) is 52.2 Å². The fraction of sp³-hybridized carbons (Fsp3) is 0.650. The Balaban J connectivity index is 1.56. The van der Waals surface area contributed by atoms with Gasteiger partial charge in [0.2, 0.25) is 5.91 Å². The quantitative estimate of drug-likeness (QED) is 0.714. The third-order valence-electron chi connectivity index (χ3n) is 4.31. The smallest absolute Gasteiger partial charge is 0.407 e. The van der Waals surface area contributed by atoms with E-state index in [0.717, 1.165) is 38.2 Å². The lowest BCUT2D eigenvalue weighted by atomic mass is 10.0. The molecule has 1 fully saturated rings. The summed E-state index contributed by atoms with van der Waals surface area (Å²) in [7, 11) is 0. The Labute approximate surface area is 161 Å². The van der Waals surface area contributed by atoms with Crippen LogP contribution >= 0.6 is 0 Å². The molecule has 0 saturated carbocycles. The number of rotatable bonds is 7. The second-order valence-electron chi connectivity index (χ2n) is 7.97. The molecule has 1 aliphatic heterocycles. The van der Waals surface area contributed by atoms with Gasteiger partial charge in [0.05, 0.1) is 5.69 Å². The fourth-order valence-corrected chi connectivity index (χ4v) is 3.01. The highest BCUT2D eigenvalue weighted by atomic mass is 16.6. The number of aromatic nitrogens is 1. The molecule has 7 heteroatoms. The molecule has 0 bridgehead atoms. The van der Waals surface area contributed by atoms with Gasteiger partial charge in [-0.1, -0.05) is 6.07 Å². The molecule has 150 valence electrons. The Morgan fingerprint density at radius 2 is 2.00 bits per heavy atom. The predicted octanol–water partition coefficient (Wildman–Crippen LogP) is 2.47. The number of hydrogen-bond donors (Lipinski definition) is 2. The number of amides is 2. The van der Waals surface area contributed by atoms with Crippen LogP contribution in [0.2, 0.25) is 0 Å². The molecule has 0 unspecified atom stereocenters. The molecule has 7 nitrogen and oxygen atoms in total. The molecule has 2 N–H and O–H groups in total. The predicted molar refractivity (Wildman–Crippen MR) is 104 cm³/mol. The van der Waals surface area contributed by atoms with Gasteiger partial charge < -0.3 is 15.4 Å². The van der Waals surface area contributed by atoms with Gasteiger partial charge in [0.1, 0.15) is 5.60 Å². The highest BCUT2D eigenvalue weighted by Gasteiger charge is 2.21. The summed E-state index contributed by atoms with van der Waals surface area (Å²) >= 11 is 0. The summed E-state index contributed by atoms with van der Waals surface area (Å²) < 4.78 is 5.16. The van der Waals surface area contributed by atoms with Crippen LogP contribution in [0.1, 0.15) is 52.1 Å². The van der Waals surface area contributed by atoms with E-state index >= 15 is 0 Å². The van der Waals surface area contributed by atoms with Crippen LogP contribution in [0, 0.1) is 0 Å². The maximum absolute atomic E-state index is 12.1. The lowest BCUT2D eigenvalue weighted by Gasteiger charge is -2.32. The minimum atomic E-state index is -0.507. The second-order valence-corrected chi connectivity index (χ2v) is 7.97. The van der Waals surface area contributed by atoms with Crippen molar-refractivity contribution >= 4 is 12.0 Å². The average molecular weight is 377 g/mol.